The number of aliphatic carboxylic acids is 1. The topological polar surface area (TPSA) is 37.3 Å². The van der Waals surface area contributed by atoms with E-state index in [2.05, 4.69) is 0 Å². The summed E-state index contributed by atoms with van der Waals surface area (Å²) in [5.74, 6) is -0.740. The largest absolute Gasteiger partial charge is 1.00 e. The van der Waals surface area contributed by atoms with Gasteiger partial charge in [0.15, 0.2) is 0 Å². The molecule has 1 aromatic carbocycles. The molecule has 0 heterocycles. The Morgan fingerprint density at radius 2 is 2.00 bits per heavy atom. The molecule has 70 valence electrons. The van der Waals surface area contributed by atoms with Gasteiger partial charge in [-0.3, -0.25) is 4.79 Å². The molecule has 0 aliphatic heterocycles. The van der Waals surface area contributed by atoms with Gasteiger partial charge in [0.25, 0.3) is 0 Å². The Morgan fingerprint density at radius 3 is 2.50 bits per heavy atom. The van der Waals surface area contributed by atoms with Crippen molar-refractivity contribution in [1.29, 1.82) is 0 Å². The molecule has 0 aliphatic carbocycles. The average molecular weight is 219 g/mol. The molecule has 0 aliphatic rings. The van der Waals surface area contributed by atoms with E-state index in [0.29, 0.717) is 0 Å². The summed E-state index contributed by atoms with van der Waals surface area (Å²) in [4.78, 5) is 11.5. The molecule has 0 amide bonds. The zero-order valence-corrected chi connectivity index (χ0v) is 11.3. The summed E-state index contributed by atoms with van der Waals surface area (Å²) in [6.45, 7) is 1.92. The Morgan fingerprint density at radius 1 is 1.43 bits per heavy atom. The van der Waals surface area contributed by atoms with E-state index >= 15 is 0 Å². The van der Waals surface area contributed by atoms with Gasteiger partial charge in [0.1, 0.15) is 0 Å². The molecule has 2 nitrogen and oxygen atoms in total. The number of carboxylic acid groups (broad SMARTS) is 1. The Kier molecular flexibility index (Phi) is 7.37. The van der Waals surface area contributed by atoms with Crippen LogP contribution in [0.2, 0.25) is 0 Å². The second kappa shape index (κ2) is 7.35. The smallest absolute Gasteiger partial charge is 0.481 e. The van der Waals surface area contributed by atoms with Crippen molar-refractivity contribution in [3.05, 3.63) is 30.3 Å². The molecule has 0 spiro atoms. The van der Waals surface area contributed by atoms with Gasteiger partial charge < -0.3 is 5.11 Å². The normalized spacial score (nSPS) is 11.5. The average Bonchev–Trinajstić information content (AvgIpc) is 2.04. The van der Waals surface area contributed by atoms with Crippen molar-refractivity contribution in [2.24, 2.45) is 0 Å². The third kappa shape index (κ3) is 5.70. The second-order valence-corrected chi connectivity index (χ2v) is 4.35. The molecule has 1 aromatic rings. The van der Waals surface area contributed by atoms with Gasteiger partial charge in [0, 0.05) is 10.1 Å². The van der Waals surface area contributed by atoms with Gasteiger partial charge >= 0.3 is 35.5 Å². The first-order valence-corrected chi connectivity index (χ1v) is 5.00. The molecule has 1 N–H and O–H groups in total. The molecule has 14 heavy (non-hydrogen) atoms. The maximum absolute atomic E-state index is 10.4. The summed E-state index contributed by atoms with van der Waals surface area (Å²) in [5.41, 5.74) is 0. The molecular weight excluding hydrogens is 207 g/mol. The molecule has 0 radical (unpaired) electrons. The number of hydrogen-bond donors (Lipinski definition) is 1. The summed E-state index contributed by atoms with van der Waals surface area (Å²) in [6, 6.07) is 9.84. The summed E-state index contributed by atoms with van der Waals surface area (Å²) in [5, 5.41) is 8.67. The molecule has 0 bridgehead atoms. The molecule has 1 atom stereocenters. The summed E-state index contributed by atoms with van der Waals surface area (Å²) in [7, 11) is 0. The first-order valence-electron chi connectivity index (χ1n) is 4.12. The van der Waals surface area contributed by atoms with Gasteiger partial charge in [-0.25, -0.2) is 0 Å². The first-order chi connectivity index (χ1) is 6.18. The molecule has 0 fully saturated rings. The van der Waals surface area contributed by atoms with Crippen LogP contribution in [-0.4, -0.2) is 16.3 Å². The summed E-state index contributed by atoms with van der Waals surface area (Å²) < 4.78 is 0. The van der Waals surface area contributed by atoms with Crippen molar-refractivity contribution < 1.29 is 39.5 Å². The van der Waals surface area contributed by atoms with Crippen LogP contribution in [0.4, 0.5) is 0 Å². The number of carboxylic acids is 1. The molecule has 0 saturated heterocycles. The molecule has 1 rings (SSSR count). The van der Waals surface area contributed by atoms with E-state index in [0.717, 1.165) is 4.90 Å². The number of rotatable bonds is 4. The van der Waals surface area contributed by atoms with Crippen molar-refractivity contribution in [3.63, 3.8) is 0 Å². The van der Waals surface area contributed by atoms with E-state index in [1.165, 1.54) is 0 Å². The van der Waals surface area contributed by atoms with Crippen LogP contribution in [0.15, 0.2) is 35.2 Å². The minimum absolute atomic E-state index is 0. The van der Waals surface area contributed by atoms with Gasteiger partial charge in [-0.15, -0.1) is 11.8 Å². The number of thioether (sulfide) groups is 1. The molecule has 0 aromatic heterocycles. The van der Waals surface area contributed by atoms with Crippen LogP contribution >= 0.6 is 11.8 Å². The molecule has 4 heteroatoms. The third-order valence-corrected chi connectivity index (χ3v) is 2.66. The van der Waals surface area contributed by atoms with Gasteiger partial charge in [-0.1, -0.05) is 25.1 Å². The fraction of sp³-hybridized carbons (Fsp3) is 0.300. The van der Waals surface area contributed by atoms with E-state index in [1.54, 1.807) is 11.8 Å². The van der Waals surface area contributed by atoms with E-state index in [1.807, 2.05) is 37.3 Å². The van der Waals surface area contributed by atoms with Crippen LogP contribution in [0.5, 0.6) is 0 Å². The van der Waals surface area contributed by atoms with Crippen LogP contribution in [-0.2, 0) is 4.79 Å². The quantitative estimate of drug-likeness (QED) is 0.555. The number of carbonyl (C=O) groups is 1. The Bertz CT molecular complexity index is 277. The van der Waals surface area contributed by atoms with Crippen LogP contribution in [0.1, 0.15) is 13.3 Å². The molecule has 1 unspecified atom stereocenters. The number of hydrogen-bond acceptors (Lipinski definition) is 2. The van der Waals surface area contributed by atoms with E-state index < -0.39 is 5.97 Å². The predicted octanol–water partition coefficient (Wildman–Crippen LogP) is -0.354. The maximum atomic E-state index is 10.4. The first kappa shape index (κ1) is 14.0. The molecule has 0 saturated carbocycles. The maximum Gasteiger partial charge on any atom is 1.00 e. The Hall–Kier alpha value is 0.0400. The fourth-order valence-electron chi connectivity index (χ4n) is 1.02. The van der Waals surface area contributed by atoms with Gasteiger partial charge in [0.2, 0.25) is 0 Å². The molecular formula is C10H12NaO2S+. The fourth-order valence-corrected chi connectivity index (χ4v) is 2.02. The predicted molar refractivity (Wildman–Crippen MR) is 54.0 cm³/mol. The minimum Gasteiger partial charge on any atom is -0.481 e. The standard InChI is InChI=1S/C10H12O2S.Na/c1-8(7-10(11)12)13-9-5-3-2-4-6-9;/h2-6,8H,7H2,1H3,(H,11,12);/q;+1. The van der Waals surface area contributed by atoms with Gasteiger partial charge in [0.05, 0.1) is 6.42 Å². The monoisotopic (exact) mass is 219 g/mol. The van der Waals surface area contributed by atoms with Crippen LogP contribution in [0.25, 0.3) is 0 Å². The zero-order valence-electron chi connectivity index (χ0n) is 8.43. The van der Waals surface area contributed by atoms with Crippen molar-refractivity contribution in [3.8, 4) is 0 Å². The van der Waals surface area contributed by atoms with Crippen LogP contribution < -0.4 is 29.6 Å². The van der Waals surface area contributed by atoms with Crippen molar-refractivity contribution >= 4 is 17.7 Å². The van der Waals surface area contributed by atoms with E-state index in [9.17, 15) is 4.79 Å². The van der Waals surface area contributed by atoms with Crippen molar-refractivity contribution in [2.45, 2.75) is 23.5 Å². The van der Waals surface area contributed by atoms with Gasteiger partial charge in [-0.2, -0.15) is 0 Å². The Balaban J connectivity index is 0.00000169. The van der Waals surface area contributed by atoms with Gasteiger partial charge in [-0.05, 0) is 12.1 Å². The zero-order chi connectivity index (χ0) is 9.68. The van der Waals surface area contributed by atoms with E-state index in [-0.39, 0.29) is 41.2 Å². The summed E-state index contributed by atoms with van der Waals surface area (Å²) in [6.07, 6.45) is 0.208. The Labute approximate surface area is 110 Å². The summed E-state index contributed by atoms with van der Waals surface area (Å²) >= 11 is 1.59. The van der Waals surface area contributed by atoms with Crippen LogP contribution in [0, 0.1) is 0 Å². The SMILES string of the molecule is CC(CC(=O)O)Sc1ccccc1.[Na+]. The number of benzene rings is 1. The van der Waals surface area contributed by atoms with Crippen molar-refractivity contribution in [2.75, 3.05) is 0 Å². The minimum atomic E-state index is -0.740. The van der Waals surface area contributed by atoms with E-state index in [4.69, 9.17) is 5.11 Å². The second-order valence-electron chi connectivity index (χ2n) is 2.84. The van der Waals surface area contributed by atoms with Crippen molar-refractivity contribution in [1.82, 2.24) is 0 Å². The third-order valence-electron chi connectivity index (χ3n) is 1.54. The van der Waals surface area contributed by atoms with Crippen LogP contribution in [0.3, 0.4) is 0 Å².